The Balaban J connectivity index is 1.32. The van der Waals surface area contributed by atoms with Crippen molar-refractivity contribution < 1.29 is 9.53 Å². The van der Waals surface area contributed by atoms with Gasteiger partial charge in [0.25, 0.3) is 0 Å². The standard InChI is InChI=1S/C26H27Cl2N3O2/c1-16-10-17(11-21(27)26(16)28)12-25(32)29-14-19-13-18(7-8-23(19)33-20-4-2-5-20)22-15-31-9-3-6-24(31)30-22/h7-8,10-11,13,15,20H,2-6,9,12,14H2,1H3,(H,29,32). The molecule has 1 fully saturated rings. The van der Waals surface area contributed by atoms with Gasteiger partial charge in [0.1, 0.15) is 11.6 Å². The number of halogens is 2. The summed E-state index contributed by atoms with van der Waals surface area (Å²) in [6.07, 6.45) is 8.18. The van der Waals surface area contributed by atoms with Crippen molar-refractivity contribution in [1.29, 1.82) is 0 Å². The molecule has 5 rings (SSSR count). The van der Waals surface area contributed by atoms with Gasteiger partial charge in [-0.25, -0.2) is 4.98 Å². The van der Waals surface area contributed by atoms with Crippen molar-refractivity contribution in [2.24, 2.45) is 0 Å². The lowest BCUT2D eigenvalue weighted by Gasteiger charge is -2.27. The SMILES string of the molecule is Cc1cc(CC(=O)NCc2cc(-c3cn4c(n3)CCC4)ccc2OC2CCC2)cc(Cl)c1Cl. The molecule has 2 aromatic carbocycles. The molecule has 0 saturated heterocycles. The molecule has 3 aromatic rings. The van der Waals surface area contributed by atoms with Crippen LogP contribution in [0, 0.1) is 6.92 Å². The summed E-state index contributed by atoms with van der Waals surface area (Å²) in [6.45, 7) is 3.31. The van der Waals surface area contributed by atoms with Crippen LogP contribution in [-0.4, -0.2) is 21.6 Å². The molecule has 1 amide bonds. The van der Waals surface area contributed by atoms with Crippen molar-refractivity contribution in [3.05, 3.63) is 69.1 Å². The lowest BCUT2D eigenvalue weighted by Crippen LogP contribution is -2.27. The molecule has 33 heavy (non-hydrogen) atoms. The lowest BCUT2D eigenvalue weighted by molar-refractivity contribution is -0.120. The zero-order valence-electron chi connectivity index (χ0n) is 18.7. The van der Waals surface area contributed by atoms with Crippen molar-refractivity contribution >= 4 is 29.1 Å². The van der Waals surface area contributed by atoms with Crippen LogP contribution in [0.5, 0.6) is 5.75 Å². The quantitative estimate of drug-likeness (QED) is 0.454. The van der Waals surface area contributed by atoms with E-state index in [1.54, 1.807) is 6.07 Å². The summed E-state index contributed by atoms with van der Waals surface area (Å²) in [5.74, 6) is 1.90. The molecule has 1 aromatic heterocycles. The van der Waals surface area contributed by atoms with E-state index in [1.807, 2.05) is 19.1 Å². The number of amides is 1. The van der Waals surface area contributed by atoms with E-state index in [0.29, 0.717) is 16.6 Å². The molecule has 1 N–H and O–H groups in total. The number of nitrogens with one attached hydrogen (secondary N) is 1. The highest BCUT2D eigenvalue weighted by atomic mass is 35.5. The average Bonchev–Trinajstić information content (AvgIpc) is 3.36. The predicted octanol–water partition coefficient (Wildman–Crippen LogP) is 5.90. The minimum atomic E-state index is -0.0752. The van der Waals surface area contributed by atoms with E-state index in [9.17, 15) is 4.79 Å². The minimum absolute atomic E-state index is 0.0752. The van der Waals surface area contributed by atoms with Gasteiger partial charge in [-0.1, -0.05) is 29.3 Å². The molecule has 1 aliphatic heterocycles. The highest BCUT2D eigenvalue weighted by Gasteiger charge is 2.21. The first-order valence-corrected chi connectivity index (χ1v) is 12.3. The molecule has 0 atom stereocenters. The van der Waals surface area contributed by atoms with Crippen molar-refractivity contribution in [1.82, 2.24) is 14.9 Å². The number of hydrogen-bond acceptors (Lipinski definition) is 3. The maximum atomic E-state index is 12.7. The number of nitrogens with zero attached hydrogens (tertiary/aromatic N) is 2. The number of carbonyl (C=O) groups excluding carboxylic acids is 1. The lowest BCUT2D eigenvalue weighted by atomic mass is 9.96. The van der Waals surface area contributed by atoms with Gasteiger partial charge in [0, 0.05) is 36.8 Å². The van der Waals surface area contributed by atoms with Crippen molar-refractivity contribution in [2.75, 3.05) is 0 Å². The number of carbonyl (C=O) groups is 1. The van der Waals surface area contributed by atoms with Crippen molar-refractivity contribution in [2.45, 2.75) is 64.6 Å². The van der Waals surface area contributed by atoms with Gasteiger partial charge in [0.15, 0.2) is 0 Å². The summed E-state index contributed by atoms with van der Waals surface area (Å²) in [5, 5.41) is 4.04. The predicted molar refractivity (Wildman–Crippen MR) is 131 cm³/mol. The number of fused-ring (bicyclic) bond motifs is 1. The van der Waals surface area contributed by atoms with E-state index in [2.05, 4.69) is 28.2 Å². The number of aryl methyl sites for hydroxylation is 3. The topological polar surface area (TPSA) is 56.2 Å². The Bertz CT molecular complexity index is 1160. The molecule has 1 aliphatic carbocycles. The first-order valence-electron chi connectivity index (χ1n) is 11.5. The minimum Gasteiger partial charge on any atom is -0.490 e. The fourth-order valence-corrected chi connectivity index (χ4v) is 4.79. The van der Waals surface area contributed by atoms with Crippen LogP contribution in [0.25, 0.3) is 11.3 Å². The number of aromatic nitrogens is 2. The highest BCUT2D eigenvalue weighted by molar-refractivity contribution is 6.42. The molecule has 5 nitrogen and oxygen atoms in total. The van der Waals surface area contributed by atoms with Crippen LogP contribution in [0.15, 0.2) is 36.5 Å². The number of ether oxygens (including phenoxy) is 1. The number of imidazole rings is 1. The van der Waals surface area contributed by atoms with Gasteiger partial charge in [-0.3, -0.25) is 4.79 Å². The molecule has 2 aliphatic rings. The van der Waals surface area contributed by atoms with Gasteiger partial charge >= 0.3 is 0 Å². The molecule has 0 bridgehead atoms. The molecule has 0 spiro atoms. The van der Waals surface area contributed by atoms with E-state index in [0.717, 1.165) is 71.7 Å². The zero-order chi connectivity index (χ0) is 22.9. The van der Waals surface area contributed by atoms with Crippen LogP contribution in [-0.2, 0) is 30.7 Å². The summed E-state index contributed by atoms with van der Waals surface area (Å²) < 4.78 is 8.45. The molecule has 172 valence electrons. The van der Waals surface area contributed by atoms with Gasteiger partial charge in [-0.05, 0) is 68.0 Å². The first-order chi connectivity index (χ1) is 16.0. The molecule has 7 heteroatoms. The Morgan fingerprint density at radius 1 is 1.21 bits per heavy atom. The number of rotatable bonds is 7. The Kier molecular flexibility index (Phi) is 6.35. The Morgan fingerprint density at radius 3 is 2.79 bits per heavy atom. The molecule has 0 radical (unpaired) electrons. The van der Waals surface area contributed by atoms with Gasteiger partial charge < -0.3 is 14.6 Å². The fraction of sp³-hybridized carbons (Fsp3) is 0.385. The average molecular weight is 484 g/mol. The van der Waals surface area contributed by atoms with Crippen LogP contribution < -0.4 is 10.1 Å². The Morgan fingerprint density at radius 2 is 2.06 bits per heavy atom. The Hall–Kier alpha value is -2.50. The third-order valence-corrected chi connectivity index (χ3v) is 7.37. The zero-order valence-corrected chi connectivity index (χ0v) is 20.2. The largest absolute Gasteiger partial charge is 0.490 e. The third-order valence-electron chi connectivity index (χ3n) is 6.47. The smallest absolute Gasteiger partial charge is 0.224 e. The van der Waals surface area contributed by atoms with Crippen molar-refractivity contribution in [3.8, 4) is 17.0 Å². The number of hydrogen-bond donors (Lipinski definition) is 1. The van der Waals surface area contributed by atoms with Crippen LogP contribution in [0.1, 0.15) is 48.2 Å². The fourth-order valence-electron chi connectivity index (χ4n) is 4.40. The monoisotopic (exact) mass is 483 g/mol. The van der Waals surface area contributed by atoms with Gasteiger partial charge in [0.2, 0.25) is 5.91 Å². The van der Waals surface area contributed by atoms with E-state index in [-0.39, 0.29) is 18.4 Å². The van der Waals surface area contributed by atoms with Gasteiger partial charge in [-0.2, -0.15) is 0 Å². The van der Waals surface area contributed by atoms with Crippen LogP contribution in [0.4, 0.5) is 0 Å². The second-order valence-electron chi connectivity index (χ2n) is 8.99. The van der Waals surface area contributed by atoms with E-state index < -0.39 is 0 Å². The third kappa shape index (κ3) is 4.90. The second kappa shape index (κ2) is 9.40. The van der Waals surface area contributed by atoms with Crippen LogP contribution in [0.3, 0.4) is 0 Å². The van der Waals surface area contributed by atoms with Gasteiger partial charge in [0.05, 0.1) is 28.3 Å². The summed E-state index contributed by atoms with van der Waals surface area (Å²) in [7, 11) is 0. The van der Waals surface area contributed by atoms with Crippen molar-refractivity contribution in [3.63, 3.8) is 0 Å². The van der Waals surface area contributed by atoms with Crippen LogP contribution >= 0.6 is 23.2 Å². The second-order valence-corrected chi connectivity index (χ2v) is 9.78. The van der Waals surface area contributed by atoms with Gasteiger partial charge in [-0.15, -0.1) is 0 Å². The maximum absolute atomic E-state index is 12.7. The summed E-state index contributed by atoms with van der Waals surface area (Å²) >= 11 is 12.3. The summed E-state index contributed by atoms with van der Waals surface area (Å²) in [4.78, 5) is 17.5. The molecular weight excluding hydrogens is 457 g/mol. The highest BCUT2D eigenvalue weighted by Crippen LogP contribution is 2.32. The molecule has 0 unspecified atom stereocenters. The normalized spacial score (nSPS) is 15.2. The molecule has 2 heterocycles. The van der Waals surface area contributed by atoms with E-state index in [1.165, 1.54) is 6.42 Å². The summed E-state index contributed by atoms with van der Waals surface area (Å²) in [5.41, 5.74) is 4.68. The molecular formula is C26H27Cl2N3O2. The van der Waals surface area contributed by atoms with E-state index >= 15 is 0 Å². The molecule has 1 saturated carbocycles. The Labute approximate surface area is 204 Å². The summed E-state index contributed by atoms with van der Waals surface area (Å²) in [6, 6.07) is 9.82. The maximum Gasteiger partial charge on any atom is 0.224 e. The number of benzene rings is 2. The first kappa shape index (κ1) is 22.3. The van der Waals surface area contributed by atoms with Crippen LogP contribution in [0.2, 0.25) is 10.0 Å². The van der Waals surface area contributed by atoms with E-state index in [4.69, 9.17) is 32.9 Å².